The van der Waals surface area contributed by atoms with Gasteiger partial charge in [0.1, 0.15) is 5.75 Å². The van der Waals surface area contributed by atoms with Crippen molar-refractivity contribution in [3.05, 3.63) is 29.3 Å². The van der Waals surface area contributed by atoms with Crippen LogP contribution < -0.4 is 4.74 Å². The maximum absolute atomic E-state index is 9.42. The standard InChI is InChI=1S/C17H21NO/c1-17-9-3-4-13(11-18)15(17)8-6-12-5-7-14(19-2)10-16(12)17/h5,7,10,13,15H,3-4,6,8-9H2,1-2H3/t13-,15+,17-/m1/s1. The first-order valence-electron chi connectivity index (χ1n) is 7.26. The van der Waals surface area contributed by atoms with Crippen LogP contribution in [-0.2, 0) is 11.8 Å². The fourth-order valence-electron chi connectivity index (χ4n) is 4.27. The maximum atomic E-state index is 9.42. The van der Waals surface area contributed by atoms with Gasteiger partial charge in [0.05, 0.1) is 13.2 Å². The van der Waals surface area contributed by atoms with Crippen molar-refractivity contribution in [2.75, 3.05) is 7.11 Å². The molecule has 0 saturated heterocycles. The van der Waals surface area contributed by atoms with Gasteiger partial charge in [-0.3, -0.25) is 0 Å². The third kappa shape index (κ3) is 1.84. The van der Waals surface area contributed by atoms with Gasteiger partial charge in [-0.25, -0.2) is 0 Å². The number of benzene rings is 1. The van der Waals surface area contributed by atoms with Crippen LogP contribution in [-0.4, -0.2) is 7.11 Å². The molecule has 0 bridgehead atoms. The van der Waals surface area contributed by atoms with Gasteiger partial charge >= 0.3 is 0 Å². The molecule has 1 fully saturated rings. The van der Waals surface area contributed by atoms with E-state index in [9.17, 15) is 5.26 Å². The molecular weight excluding hydrogens is 234 g/mol. The van der Waals surface area contributed by atoms with E-state index in [4.69, 9.17) is 4.74 Å². The summed E-state index contributed by atoms with van der Waals surface area (Å²) in [6, 6.07) is 9.04. The molecule has 2 nitrogen and oxygen atoms in total. The molecule has 0 spiro atoms. The normalized spacial score (nSPS) is 32.9. The van der Waals surface area contributed by atoms with E-state index in [2.05, 4.69) is 31.2 Å². The number of nitriles is 1. The maximum Gasteiger partial charge on any atom is 0.119 e. The summed E-state index contributed by atoms with van der Waals surface area (Å²) in [5.41, 5.74) is 3.06. The Morgan fingerprint density at radius 2 is 2.21 bits per heavy atom. The lowest BCUT2D eigenvalue weighted by Gasteiger charge is -2.48. The van der Waals surface area contributed by atoms with Gasteiger partial charge in [-0.2, -0.15) is 5.26 Å². The van der Waals surface area contributed by atoms with E-state index >= 15 is 0 Å². The molecule has 3 atom stereocenters. The molecule has 2 aliphatic carbocycles. The Kier molecular flexibility index (Phi) is 3.01. The lowest BCUT2D eigenvalue weighted by molar-refractivity contribution is 0.137. The Morgan fingerprint density at radius 3 is 2.95 bits per heavy atom. The van der Waals surface area contributed by atoms with Gasteiger partial charge in [-0.05, 0) is 60.3 Å². The largest absolute Gasteiger partial charge is 0.497 e. The molecule has 3 rings (SSSR count). The number of hydrogen-bond donors (Lipinski definition) is 0. The number of rotatable bonds is 1. The number of hydrogen-bond acceptors (Lipinski definition) is 2. The number of methoxy groups -OCH3 is 1. The minimum Gasteiger partial charge on any atom is -0.497 e. The molecule has 0 unspecified atom stereocenters. The second-order valence-corrected chi connectivity index (χ2v) is 6.21. The van der Waals surface area contributed by atoms with Gasteiger partial charge in [-0.1, -0.05) is 19.4 Å². The fourth-order valence-corrected chi connectivity index (χ4v) is 4.27. The molecule has 0 N–H and O–H groups in total. The van der Waals surface area contributed by atoms with Crippen LogP contribution >= 0.6 is 0 Å². The summed E-state index contributed by atoms with van der Waals surface area (Å²) in [5, 5.41) is 9.42. The molecular formula is C17H21NO. The summed E-state index contributed by atoms with van der Waals surface area (Å²) >= 11 is 0. The molecule has 1 saturated carbocycles. The van der Waals surface area contributed by atoms with Gasteiger partial charge in [0.25, 0.3) is 0 Å². The molecule has 19 heavy (non-hydrogen) atoms. The van der Waals surface area contributed by atoms with Gasteiger partial charge in [-0.15, -0.1) is 0 Å². The van der Waals surface area contributed by atoms with Crippen molar-refractivity contribution in [3.63, 3.8) is 0 Å². The number of aryl methyl sites for hydroxylation is 1. The summed E-state index contributed by atoms with van der Waals surface area (Å²) in [4.78, 5) is 0. The van der Waals surface area contributed by atoms with Crippen molar-refractivity contribution in [3.8, 4) is 11.8 Å². The van der Waals surface area contributed by atoms with Crippen molar-refractivity contribution in [1.29, 1.82) is 5.26 Å². The smallest absolute Gasteiger partial charge is 0.119 e. The molecule has 0 heterocycles. The van der Waals surface area contributed by atoms with E-state index in [1.165, 1.54) is 24.0 Å². The SMILES string of the molecule is COc1ccc2c(c1)[C@]1(C)CCC[C@H](C#N)[C@@H]1CC2. The van der Waals surface area contributed by atoms with Crippen molar-refractivity contribution in [1.82, 2.24) is 0 Å². The topological polar surface area (TPSA) is 33.0 Å². The van der Waals surface area contributed by atoms with Crippen LogP contribution in [0.3, 0.4) is 0 Å². The monoisotopic (exact) mass is 255 g/mol. The predicted molar refractivity (Wildman–Crippen MR) is 75.1 cm³/mol. The first-order chi connectivity index (χ1) is 9.19. The Labute approximate surface area is 115 Å². The van der Waals surface area contributed by atoms with E-state index in [0.29, 0.717) is 5.92 Å². The van der Waals surface area contributed by atoms with Crippen LogP contribution in [0.5, 0.6) is 5.75 Å². The van der Waals surface area contributed by atoms with E-state index < -0.39 is 0 Å². The first-order valence-corrected chi connectivity index (χ1v) is 7.26. The lowest BCUT2D eigenvalue weighted by Crippen LogP contribution is -2.43. The van der Waals surface area contributed by atoms with Crippen molar-refractivity contribution < 1.29 is 4.74 Å². The molecule has 0 aromatic heterocycles. The minimum absolute atomic E-state index is 0.167. The quantitative estimate of drug-likeness (QED) is 0.764. The highest BCUT2D eigenvalue weighted by molar-refractivity contribution is 5.43. The number of fused-ring (bicyclic) bond motifs is 3. The third-order valence-electron chi connectivity index (χ3n) is 5.34. The molecule has 2 heteroatoms. The third-order valence-corrected chi connectivity index (χ3v) is 5.34. The summed E-state index contributed by atoms with van der Waals surface area (Å²) in [5.74, 6) is 1.70. The van der Waals surface area contributed by atoms with Gasteiger partial charge in [0, 0.05) is 5.92 Å². The van der Waals surface area contributed by atoms with Crippen LogP contribution in [0.25, 0.3) is 0 Å². The number of nitrogens with zero attached hydrogens (tertiary/aromatic N) is 1. The summed E-state index contributed by atoms with van der Waals surface area (Å²) in [6.07, 6.45) is 5.72. The van der Waals surface area contributed by atoms with E-state index in [-0.39, 0.29) is 11.3 Å². The van der Waals surface area contributed by atoms with Crippen LogP contribution in [0.15, 0.2) is 18.2 Å². The number of ether oxygens (including phenoxy) is 1. The molecule has 100 valence electrons. The Hall–Kier alpha value is -1.49. The van der Waals surface area contributed by atoms with Crippen molar-refractivity contribution in [2.45, 2.75) is 44.4 Å². The second kappa shape index (κ2) is 4.56. The first kappa shape index (κ1) is 12.5. The van der Waals surface area contributed by atoms with Gasteiger partial charge < -0.3 is 4.74 Å². The minimum atomic E-state index is 0.167. The summed E-state index contributed by atoms with van der Waals surface area (Å²) in [7, 11) is 1.73. The Balaban J connectivity index is 2.08. The van der Waals surface area contributed by atoms with E-state index in [1.807, 2.05) is 0 Å². The average Bonchev–Trinajstić information content (AvgIpc) is 2.45. The predicted octanol–water partition coefficient (Wildman–Crippen LogP) is 3.84. The zero-order chi connectivity index (χ0) is 13.5. The zero-order valence-corrected chi connectivity index (χ0v) is 11.8. The van der Waals surface area contributed by atoms with Gasteiger partial charge in [0.2, 0.25) is 0 Å². The molecule has 2 aliphatic rings. The average molecular weight is 255 g/mol. The van der Waals surface area contributed by atoms with Gasteiger partial charge in [0.15, 0.2) is 0 Å². The zero-order valence-electron chi connectivity index (χ0n) is 11.8. The highest BCUT2D eigenvalue weighted by Crippen LogP contribution is 2.52. The second-order valence-electron chi connectivity index (χ2n) is 6.21. The highest BCUT2D eigenvalue weighted by atomic mass is 16.5. The fraction of sp³-hybridized carbons (Fsp3) is 0.588. The summed E-state index contributed by atoms with van der Waals surface area (Å²) in [6.45, 7) is 2.36. The van der Waals surface area contributed by atoms with Crippen LogP contribution in [0.2, 0.25) is 0 Å². The molecule has 1 aromatic carbocycles. The Bertz CT molecular complexity index is 531. The highest BCUT2D eigenvalue weighted by Gasteiger charge is 2.46. The lowest BCUT2D eigenvalue weighted by atomic mass is 9.55. The van der Waals surface area contributed by atoms with E-state index in [0.717, 1.165) is 25.0 Å². The van der Waals surface area contributed by atoms with Crippen molar-refractivity contribution >= 4 is 0 Å². The molecule has 0 aliphatic heterocycles. The van der Waals surface area contributed by atoms with Crippen molar-refractivity contribution in [2.24, 2.45) is 11.8 Å². The molecule has 1 aromatic rings. The summed E-state index contributed by atoms with van der Waals surface area (Å²) < 4.78 is 5.39. The van der Waals surface area contributed by atoms with E-state index in [1.54, 1.807) is 7.11 Å². The Morgan fingerprint density at radius 1 is 1.37 bits per heavy atom. The van der Waals surface area contributed by atoms with Crippen LogP contribution in [0.1, 0.15) is 43.7 Å². The molecule has 0 radical (unpaired) electrons. The van der Waals surface area contributed by atoms with Crippen LogP contribution in [0.4, 0.5) is 0 Å². The molecule has 0 amide bonds. The van der Waals surface area contributed by atoms with Crippen LogP contribution in [0, 0.1) is 23.2 Å².